The summed E-state index contributed by atoms with van der Waals surface area (Å²) in [7, 11) is 6.47. The summed E-state index contributed by atoms with van der Waals surface area (Å²) < 4.78 is 6.53. The summed E-state index contributed by atoms with van der Waals surface area (Å²) in [6.45, 7) is 10.4. The predicted molar refractivity (Wildman–Crippen MR) is 156 cm³/mol. The third kappa shape index (κ3) is 8.43. The number of carboxylic acids is 1. The van der Waals surface area contributed by atoms with Crippen molar-refractivity contribution in [1.82, 2.24) is 14.7 Å². The van der Waals surface area contributed by atoms with E-state index in [9.17, 15) is 19.5 Å². The normalized spacial score (nSPS) is 20.7. The Morgan fingerprint density at radius 2 is 1.80 bits per heavy atom. The number of quaternary nitrogens is 1. The molecule has 2 aliphatic rings. The lowest BCUT2D eigenvalue weighted by atomic mass is 9.83. The molecular formula is C31H51N4O5+. The number of unbranched alkanes of at least 4 members (excludes halogenated alkanes) is 1. The van der Waals surface area contributed by atoms with Crippen LogP contribution in [0.4, 0.5) is 0 Å². The van der Waals surface area contributed by atoms with Crippen molar-refractivity contribution >= 4 is 17.8 Å². The van der Waals surface area contributed by atoms with Gasteiger partial charge in [0, 0.05) is 64.4 Å². The van der Waals surface area contributed by atoms with E-state index >= 15 is 0 Å². The van der Waals surface area contributed by atoms with Crippen LogP contribution in [0.15, 0.2) is 18.2 Å². The number of hydrogen-bond acceptors (Lipinski definition) is 5. The summed E-state index contributed by atoms with van der Waals surface area (Å²) in [5.41, 5.74) is 2.10. The Morgan fingerprint density at radius 3 is 2.42 bits per heavy atom. The topological polar surface area (TPSA) is 90.4 Å². The average Bonchev–Trinajstić information content (AvgIpc) is 3.49. The lowest BCUT2D eigenvalue weighted by Crippen LogP contribution is -2.46. The molecule has 2 heterocycles. The predicted octanol–water partition coefficient (Wildman–Crippen LogP) is 3.07. The van der Waals surface area contributed by atoms with Gasteiger partial charge in [0.1, 0.15) is 5.75 Å². The molecule has 9 nitrogen and oxygen atoms in total. The van der Waals surface area contributed by atoms with Gasteiger partial charge in [0.15, 0.2) is 0 Å². The minimum Gasteiger partial charge on any atom is -0.493 e. The maximum absolute atomic E-state index is 13.7. The van der Waals surface area contributed by atoms with Crippen LogP contribution in [0.3, 0.4) is 0 Å². The van der Waals surface area contributed by atoms with Gasteiger partial charge in [-0.3, -0.25) is 19.3 Å². The molecule has 0 aliphatic carbocycles. The second-order valence-electron chi connectivity index (χ2n) is 12.4. The number of benzene rings is 1. The van der Waals surface area contributed by atoms with Crippen molar-refractivity contribution in [2.45, 2.75) is 64.8 Å². The van der Waals surface area contributed by atoms with Gasteiger partial charge in [-0.25, -0.2) is 0 Å². The minimum absolute atomic E-state index is 0.0202. The van der Waals surface area contributed by atoms with E-state index in [0.29, 0.717) is 39.2 Å². The van der Waals surface area contributed by atoms with Gasteiger partial charge in [-0.1, -0.05) is 25.5 Å². The number of carbonyl (C=O) groups is 3. The van der Waals surface area contributed by atoms with Crippen molar-refractivity contribution in [1.29, 1.82) is 0 Å². The van der Waals surface area contributed by atoms with Gasteiger partial charge in [0.25, 0.3) is 0 Å². The van der Waals surface area contributed by atoms with E-state index in [2.05, 4.69) is 39.0 Å². The highest BCUT2D eigenvalue weighted by molar-refractivity contribution is 5.79. The molecule has 224 valence electrons. The molecule has 2 aliphatic heterocycles. The molecule has 0 spiro atoms. The molecule has 1 saturated heterocycles. The average molecular weight is 560 g/mol. The molecule has 0 aromatic heterocycles. The number of carbonyl (C=O) groups excluding carboxylic acids is 2. The summed E-state index contributed by atoms with van der Waals surface area (Å²) in [4.78, 5) is 44.5. The number of likely N-dealkylation sites (tertiary alicyclic amines) is 1. The van der Waals surface area contributed by atoms with Gasteiger partial charge >= 0.3 is 5.97 Å². The van der Waals surface area contributed by atoms with E-state index in [4.69, 9.17) is 4.74 Å². The molecular weight excluding hydrogens is 508 g/mol. The van der Waals surface area contributed by atoms with E-state index in [1.165, 1.54) is 0 Å². The van der Waals surface area contributed by atoms with Gasteiger partial charge in [0.2, 0.25) is 11.8 Å². The molecule has 0 bridgehead atoms. The van der Waals surface area contributed by atoms with Crippen LogP contribution in [0.1, 0.15) is 63.5 Å². The lowest BCUT2D eigenvalue weighted by Gasteiger charge is -2.31. The largest absolute Gasteiger partial charge is 0.493 e. The molecule has 3 rings (SSSR count). The summed E-state index contributed by atoms with van der Waals surface area (Å²) >= 11 is 0. The maximum atomic E-state index is 13.7. The van der Waals surface area contributed by atoms with Gasteiger partial charge in [-0.15, -0.1) is 0 Å². The highest BCUT2D eigenvalue weighted by atomic mass is 16.5. The zero-order chi connectivity index (χ0) is 29.4. The van der Waals surface area contributed by atoms with Crippen molar-refractivity contribution in [2.24, 2.45) is 5.92 Å². The maximum Gasteiger partial charge on any atom is 0.308 e. The fourth-order valence-electron chi connectivity index (χ4n) is 6.17. The molecule has 3 atom stereocenters. The van der Waals surface area contributed by atoms with E-state index in [1.807, 2.05) is 24.0 Å². The summed E-state index contributed by atoms with van der Waals surface area (Å²) in [6, 6.07) is 5.69. The first kappa shape index (κ1) is 31.9. The third-order valence-corrected chi connectivity index (χ3v) is 8.43. The SMILES string of the molecule is CCCCN(CCC[N+](C)(C)C)C(=O)CN1C[C@H](c2ccc3c(c2)CCO3)C(C(=O)O)[C@@H]1CCN(CC)C(C)=O. The first-order chi connectivity index (χ1) is 18.9. The monoisotopic (exact) mass is 559 g/mol. The fourth-order valence-corrected chi connectivity index (χ4v) is 6.17. The first-order valence-electron chi connectivity index (χ1n) is 15.0. The Hall–Kier alpha value is -2.65. The summed E-state index contributed by atoms with van der Waals surface area (Å²) in [6.07, 6.45) is 4.21. The summed E-state index contributed by atoms with van der Waals surface area (Å²) in [5, 5.41) is 10.5. The number of ether oxygens (including phenoxy) is 1. The van der Waals surface area contributed by atoms with Crippen LogP contribution in [0.5, 0.6) is 5.75 Å². The van der Waals surface area contributed by atoms with Crippen LogP contribution in [-0.4, -0.2) is 122 Å². The molecule has 1 aromatic carbocycles. The first-order valence-corrected chi connectivity index (χ1v) is 15.0. The Morgan fingerprint density at radius 1 is 1.07 bits per heavy atom. The van der Waals surface area contributed by atoms with Crippen molar-refractivity contribution in [3.63, 3.8) is 0 Å². The number of nitrogens with zero attached hydrogens (tertiary/aromatic N) is 4. The molecule has 1 unspecified atom stereocenters. The number of aliphatic carboxylic acids is 1. The van der Waals surface area contributed by atoms with Crippen molar-refractivity contribution in [3.8, 4) is 5.75 Å². The zero-order valence-electron chi connectivity index (χ0n) is 25.5. The Bertz CT molecular complexity index is 1020. The van der Waals surface area contributed by atoms with E-state index in [1.54, 1.807) is 11.8 Å². The Kier molecular flexibility index (Phi) is 11.4. The number of hydrogen-bond donors (Lipinski definition) is 1. The van der Waals surface area contributed by atoms with Crippen molar-refractivity contribution in [3.05, 3.63) is 29.3 Å². The smallest absolute Gasteiger partial charge is 0.308 e. The second kappa shape index (κ2) is 14.3. The van der Waals surface area contributed by atoms with Gasteiger partial charge in [-0.2, -0.15) is 0 Å². The van der Waals surface area contributed by atoms with E-state index < -0.39 is 11.9 Å². The number of fused-ring (bicyclic) bond motifs is 1. The van der Waals surface area contributed by atoms with Gasteiger partial charge < -0.3 is 24.1 Å². The molecule has 1 fully saturated rings. The van der Waals surface area contributed by atoms with Crippen LogP contribution < -0.4 is 4.74 Å². The molecule has 0 radical (unpaired) electrons. The quantitative estimate of drug-likeness (QED) is 0.332. The molecule has 1 N–H and O–H groups in total. The third-order valence-electron chi connectivity index (χ3n) is 8.43. The Labute approximate surface area is 240 Å². The summed E-state index contributed by atoms with van der Waals surface area (Å²) in [5.74, 6) is -0.841. The Balaban J connectivity index is 1.85. The number of rotatable bonds is 15. The number of amides is 2. The molecule has 9 heteroatoms. The van der Waals surface area contributed by atoms with Crippen LogP contribution in [0.25, 0.3) is 0 Å². The molecule has 0 saturated carbocycles. The number of carboxylic acid groups (broad SMARTS) is 1. The lowest BCUT2D eigenvalue weighted by molar-refractivity contribution is -0.870. The fraction of sp³-hybridized carbons (Fsp3) is 0.710. The zero-order valence-corrected chi connectivity index (χ0v) is 25.5. The molecule has 40 heavy (non-hydrogen) atoms. The van der Waals surface area contributed by atoms with E-state index in [0.717, 1.165) is 60.1 Å². The van der Waals surface area contributed by atoms with E-state index in [-0.39, 0.29) is 30.3 Å². The minimum atomic E-state index is -0.849. The van der Waals surface area contributed by atoms with Gasteiger partial charge in [0.05, 0.1) is 46.8 Å². The van der Waals surface area contributed by atoms with Crippen molar-refractivity contribution in [2.75, 3.05) is 73.6 Å². The van der Waals surface area contributed by atoms with Crippen LogP contribution >= 0.6 is 0 Å². The molecule has 2 amide bonds. The highest BCUT2D eigenvalue weighted by Crippen LogP contribution is 2.41. The van der Waals surface area contributed by atoms with Crippen LogP contribution in [0, 0.1) is 5.92 Å². The highest BCUT2D eigenvalue weighted by Gasteiger charge is 2.47. The van der Waals surface area contributed by atoms with Crippen LogP contribution in [0.2, 0.25) is 0 Å². The standard InChI is InChI=1S/C31H50N4O5/c1-7-9-15-33(16-10-18-35(4,5)6)29(37)22-34-21-26(24-11-12-28-25(20-24)14-19-40-28)30(31(38)39)27(34)13-17-32(8-2)23(3)36/h11-12,20,26-27,30H,7-10,13-19,21-22H2,1-6H3/p+1/t26-,27+,30?/m1/s1. The van der Waals surface area contributed by atoms with Gasteiger partial charge in [-0.05, 0) is 37.0 Å². The molecule has 1 aromatic rings. The van der Waals surface area contributed by atoms with Crippen LogP contribution in [-0.2, 0) is 20.8 Å². The second-order valence-corrected chi connectivity index (χ2v) is 12.4. The van der Waals surface area contributed by atoms with Crippen molar-refractivity contribution < 1.29 is 28.7 Å².